The first-order valence-corrected chi connectivity index (χ1v) is 8.93. The van der Waals surface area contributed by atoms with Crippen molar-refractivity contribution in [2.24, 2.45) is 0 Å². The van der Waals surface area contributed by atoms with Gasteiger partial charge in [-0.15, -0.1) is 0 Å². The van der Waals surface area contributed by atoms with Gasteiger partial charge in [-0.2, -0.15) is 5.10 Å². The quantitative estimate of drug-likeness (QED) is 0.723. The number of rotatable bonds is 3. The number of amides is 1. The lowest BCUT2D eigenvalue weighted by Gasteiger charge is -2.33. The third kappa shape index (κ3) is 2.89. The molecule has 1 amide bonds. The Morgan fingerprint density at radius 2 is 2.04 bits per heavy atom. The Morgan fingerprint density at radius 3 is 2.81 bits per heavy atom. The highest BCUT2D eigenvalue weighted by Crippen LogP contribution is 2.17. The van der Waals surface area contributed by atoms with Crippen molar-refractivity contribution in [3.05, 3.63) is 53.2 Å². The Balaban J connectivity index is 1.64. The molecular weight excluding hydrogens is 330 g/mol. The molecule has 3 aromatic rings. The van der Waals surface area contributed by atoms with E-state index < -0.39 is 0 Å². The van der Waals surface area contributed by atoms with E-state index in [1.807, 2.05) is 35.2 Å². The van der Waals surface area contributed by atoms with Crippen molar-refractivity contribution in [2.45, 2.75) is 38.8 Å². The van der Waals surface area contributed by atoms with E-state index in [9.17, 15) is 9.59 Å². The van der Waals surface area contributed by atoms with Gasteiger partial charge in [-0.3, -0.25) is 14.2 Å². The molecule has 0 radical (unpaired) electrons. The molecule has 0 saturated carbocycles. The fraction of sp³-hybridized carbons (Fsp3) is 0.368. The van der Waals surface area contributed by atoms with E-state index in [1.165, 1.54) is 17.1 Å². The lowest BCUT2D eigenvalue weighted by atomic mass is 10.0. The monoisotopic (exact) mass is 351 g/mol. The normalized spacial score (nSPS) is 17.6. The van der Waals surface area contributed by atoms with Crippen molar-refractivity contribution in [3.63, 3.8) is 0 Å². The van der Waals surface area contributed by atoms with Crippen LogP contribution in [0.25, 0.3) is 16.7 Å². The van der Waals surface area contributed by atoms with Gasteiger partial charge in [0.15, 0.2) is 5.65 Å². The van der Waals surface area contributed by atoms with Crippen molar-refractivity contribution < 1.29 is 4.79 Å². The standard InChI is InChI=1S/C19H21N5O2/c1-14-7-5-6-10-23(14)17(25)12-22-13-20-18-16(19(22)26)11-21-24(18)15-8-3-2-4-9-15/h2-4,8-9,11,13-14H,5-7,10,12H2,1H3/t14-/m1/s1. The molecule has 0 aliphatic carbocycles. The molecule has 1 fully saturated rings. The molecule has 1 atom stereocenters. The van der Waals surface area contributed by atoms with Crippen molar-refractivity contribution in [1.82, 2.24) is 24.2 Å². The Hall–Kier alpha value is -2.96. The van der Waals surface area contributed by atoms with Gasteiger partial charge in [0.25, 0.3) is 5.56 Å². The minimum absolute atomic E-state index is 0.0165. The van der Waals surface area contributed by atoms with Gasteiger partial charge in [-0.25, -0.2) is 9.67 Å². The van der Waals surface area contributed by atoms with Gasteiger partial charge in [0.1, 0.15) is 18.3 Å². The average molecular weight is 351 g/mol. The highest BCUT2D eigenvalue weighted by atomic mass is 16.2. The van der Waals surface area contributed by atoms with E-state index in [1.54, 1.807) is 4.68 Å². The molecule has 0 N–H and O–H groups in total. The van der Waals surface area contributed by atoms with Crippen LogP contribution in [0, 0.1) is 0 Å². The van der Waals surface area contributed by atoms with Crippen molar-refractivity contribution in [2.75, 3.05) is 6.54 Å². The predicted molar refractivity (Wildman–Crippen MR) is 98.2 cm³/mol. The predicted octanol–water partition coefficient (Wildman–Crippen LogP) is 1.98. The van der Waals surface area contributed by atoms with Crippen LogP contribution in [0.2, 0.25) is 0 Å². The number of carbonyl (C=O) groups is 1. The van der Waals surface area contributed by atoms with E-state index in [4.69, 9.17) is 0 Å². The number of para-hydroxylation sites is 1. The molecule has 1 saturated heterocycles. The second-order valence-electron chi connectivity index (χ2n) is 6.74. The van der Waals surface area contributed by atoms with Crippen LogP contribution in [0.15, 0.2) is 47.7 Å². The molecule has 0 bridgehead atoms. The van der Waals surface area contributed by atoms with Gasteiger partial charge in [0.2, 0.25) is 5.91 Å². The summed E-state index contributed by atoms with van der Waals surface area (Å²) in [6, 6.07) is 9.76. The van der Waals surface area contributed by atoms with Gasteiger partial charge < -0.3 is 4.90 Å². The minimum atomic E-state index is -0.241. The number of carbonyl (C=O) groups excluding carboxylic acids is 1. The SMILES string of the molecule is C[C@@H]1CCCCN1C(=O)Cn1cnc2c(cnn2-c2ccccc2)c1=O. The summed E-state index contributed by atoms with van der Waals surface area (Å²) in [7, 11) is 0. The Bertz CT molecular complexity index is 992. The first kappa shape index (κ1) is 16.5. The lowest BCUT2D eigenvalue weighted by molar-refractivity contribution is -0.135. The van der Waals surface area contributed by atoms with Crippen molar-refractivity contribution in [1.29, 1.82) is 0 Å². The molecular formula is C19H21N5O2. The molecule has 1 aliphatic rings. The van der Waals surface area contributed by atoms with Crippen LogP contribution in [-0.4, -0.2) is 42.7 Å². The average Bonchev–Trinajstić information content (AvgIpc) is 3.10. The van der Waals surface area contributed by atoms with Crippen molar-refractivity contribution >= 4 is 16.9 Å². The third-order valence-corrected chi connectivity index (χ3v) is 4.98. The maximum absolute atomic E-state index is 12.8. The smallest absolute Gasteiger partial charge is 0.264 e. The number of likely N-dealkylation sites (tertiary alicyclic amines) is 1. The maximum atomic E-state index is 12.8. The Labute approximate surface area is 150 Å². The van der Waals surface area contributed by atoms with E-state index in [-0.39, 0.29) is 24.1 Å². The molecule has 4 rings (SSSR count). The van der Waals surface area contributed by atoms with Crippen LogP contribution >= 0.6 is 0 Å². The molecule has 3 heterocycles. The molecule has 7 nitrogen and oxygen atoms in total. The van der Waals surface area contributed by atoms with Crippen LogP contribution in [0.3, 0.4) is 0 Å². The summed E-state index contributed by atoms with van der Waals surface area (Å²) in [4.78, 5) is 31.6. The van der Waals surface area contributed by atoms with Crippen LogP contribution in [0.4, 0.5) is 0 Å². The van der Waals surface area contributed by atoms with E-state index in [0.29, 0.717) is 11.0 Å². The van der Waals surface area contributed by atoms with Gasteiger partial charge >= 0.3 is 0 Å². The fourth-order valence-electron chi connectivity index (χ4n) is 3.52. The van der Waals surface area contributed by atoms with Crippen LogP contribution in [0.5, 0.6) is 0 Å². The summed E-state index contributed by atoms with van der Waals surface area (Å²) < 4.78 is 3.01. The number of fused-ring (bicyclic) bond motifs is 1. The number of nitrogens with zero attached hydrogens (tertiary/aromatic N) is 5. The molecule has 2 aromatic heterocycles. The third-order valence-electron chi connectivity index (χ3n) is 4.98. The molecule has 0 unspecified atom stereocenters. The zero-order valence-corrected chi connectivity index (χ0v) is 14.7. The minimum Gasteiger partial charge on any atom is -0.338 e. The highest BCUT2D eigenvalue weighted by molar-refractivity contribution is 5.78. The second-order valence-corrected chi connectivity index (χ2v) is 6.74. The Morgan fingerprint density at radius 1 is 1.23 bits per heavy atom. The van der Waals surface area contributed by atoms with Gasteiger partial charge in [0.05, 0.1) is 11.9 Å². The van der Waals surface area contributed by atoms with Crippen LogP contribution in [0.1, 0.15) is 26.2 Å². The lowest BCUT2D eigenvalue weighted by Crippen LogP contribution is -2.44. The number of piperidine rings is 1. The van der Waals surface area contributed by atoms with E-state index in [0.717, 1.165) is 31.5 Å². The molecule has 1 aromatic carbocycles. The van der Waals surface area contributed by atoms with E-state index in [2.05, 4.69) is 17.0 Å². The summed E-state index contributed by atoms with van der Waals surface area (Å²) in [6.45, 7) is 2.84. The first-order valence-electron chi connectivity index (χ1n) is 8.93. The molecule has 134 valence electrons. The summed E-state index contributed by atoms with van der Waals surface area (Å²) in [5.74, 6) is -0.0316. The largest absolute Gasteiger partial charge is 0.338 e. The van der Waals surface area contributed by atoms with Crippen LogP contribution < -0.4 is 5.56 Å². The Kier molecular flexibility index (Phi) is 4.28. The number of aromatic nitrogens is 4. The summed E-state index contributed by atoms with van der Waals surface area (Å²) in [5, 5.41) is 4.71. The van der Waals surface area contributed by atoms with Crippen molar-refractivity contribution in [3.8, 4) is 5.69 Å². The molecule has 7 heteroatoms. The summed E-state index contributed by atoms with van der Waals surface area (Å²) >= 11 is 0. The summed E-state index contributed by atoms with van der Waals surface area (Å²) in [5.41, 5.74) is 1.09. The zero-order valence-electron chi connectivity index (χ0n) is 14.7. The maximum Gasteiger partial charge on any atom is 0.264 e. The summed E-state index contributed by atoms with van der Waals surface area (Å²) in [6.07, 6.45) is 6.14. The highest BCUT2D eigenvalue weighted by Gasteiger charge is 2.24. The molecule has 26 heavy (non-hydrogen) atoms. The first-order chi connectivity index (χ1) is 12.6. The van der Waals surface area contributed by atoms with Crippen LogP contribution in [-0.2, 0) is 11.3 Å². The molecule has 1 aliphatic heterocycles. The van der Waals surface area contributed by atoms with Gasteiger partial charge in [-0.1, -0.05) is 18.2 Å². The van der Waals surface area contributed by atoms with E-state index >= 15 is 0 Å². The number of hydrogen-bond acceptors (Lipinski definition) is 4. The number of benzene rings is 1. The topological polar surface area (TPSA) is 73.0 Å². The second kappa shape index (κ2) is 6.74. The zero-order chi connectivity index (χ0) is 18.1. The van der Waals surface area contributed by atoms with Gasteiger partial charge in [-0.05, 0) is 38.3 Å². The van der Waals surface area contributed by atoms with Gasteiger partial charge in [0, 0.05) is 12.6 Å². The number of hydrogen-bond donors (Lipinski definition) is 0. The molecule has 0 spiro atoms. The fourth-order valence-corrected chi connectivity index (χ4v) is 3.52.